The first kappa shape index (κ1) is 6.84. The van der Waals surface area contributed by atoms with Crippen LogP contribution < -0.4 is 5.73 Å². The average Bonchev–Trinajstić information content (AvgIpc) is 2.43. The van der Waals surface area contributed by atoms with Crippen molar-refractivity contribution in [3.8, 4) is 12.3 Å². The predicted molar refractivity (Wildman–Crippen MR) is 39.2 cm³/mol. The quantitative estimate of drug-likeness (QED) is 0.564. The van der Waals surface area contributed by atoms with Gasteiger partial charge in [0.15, 0.2) is 0 Å². The molecule has 3 heteroatoms. The second-order valence-electron chi connectivity index (χ2n) is 1.96. The van der Waals surface area contributed by atoms with Crippen LogP contribution in [0.25, 0.3) is 0 Å². The number of nitrogens with two attached hydrogens (primary N) is 1. The van der Waals surface area contributed by atoms with Gasteiger partial charge >= 0.3 is 0 Å². The molecule has 3 N–H and O–H groups in total. The molecule has 3 nitrogen and oxygen atoms in total. The monoisotopic (exact) mass is 135 g/mol. The van der Waals surface area contributed by atoms with Crippen molar-refractivity contribution >= 4 is 0 Å². The van der Waals surface area contributed by atoms with Gasteiger partial charge in [-0.3, -0.25) is 0 Å². The van der Waals surface area contributed by atoms with Crippen molar-refractivity contribution in [3.63, 3.8) is 0 Å². The number of aromatic amines is 1. The standard InChI is InChI=1S/C7H9N3/c1-2-6(3-8)7-4-9-5-10-7/h1,4-6H,3,8H2,(H,9,10). The lowest BCUT2D eigenvalue weighted by molar-refractivity contribution is 0.847. The summed E-state index contributed by atoms with van der Waals surface area (Å²) in [6, 6.07) is 0. The van der Waals surface area contributed by atoms with Crippen molar-refractivity contribution in [3.05, 3.63) is 18.2 Å². The fraction of sp³-hybridized carbons (Fsp3) is 0.286. The summed E-state index contributed by atoms with van der Waals surface area (Å²) < 4.78 is 0. The normalized spacial score (nSPS) is 12.4. The van der Waals surface area contributed by atoms with Crippen molar-refractivity contribution in [2.75, 3.05) is 6.54 Å². The topological polar surface area (TPSA) is 54.7 Å². The molecule has 0 aromatic carbocycles. The highest BCUT2D eigenvalue weighted by atomic mass is 14.9. The van der Waals surface area contributed by atoms with E-state index >= 15 is 0 Å². The zero-order valence-electron chi connectivity index (χ0n) is 5.54. The van der Waals surface area contributed by atoms with Gasteiger partial charge in [-0.1, -0.05) is 5.92 Å². The average molecular weight is 135 g/mol. The molecule has 0 bridgehead atoms. The van der Waals surface area contributed by atoms with Crippen LogP contribution in [-0.2, 0) is 0 Å². The Morgan fingerprint density at radius 3 is 3.10 bits per heavy atom. The van der Waals surface area contributed by atoms with Crippen molar-refractivity contribution in [2.45, 2.75) is 5.92 Å². The van der Waals surface area contributed by atoms with Crippen molar-refractivity contribution < 1.29 is 0 Å². The second-order valence-corrected chi connectivity index (χ2v) is 1.96. The summed E-state index contributed by atoms with van der Waals surface area (Å²) in [7, 11) is 0. The van der Waals surface area contributed by atoms with Gasteiger partial charge in [0, 0.05) is 12.7 Å². The lowest BCUT2D eigenvalue weighted by atomic mass is 10.1. The Hall–Kier alpha value is -1.27. The maximum atomic E-state index is 5.38. The number of rotatable bonds is 2. The Kier molecular flexibility index (Phi) is 2.08. The third-order valence-electron chi connectivity index (χ3n) is 1.33. The first-order valence-electron chi connectivity index (χ1n) is 3.03. The third-order valence-corrected chi connectivity index (χ3v) is 1.33. The molecule has 0 spiro atoms. The smallest absolute Gasteiger partial charge is 0.0922 e. The van der Waals surface area contributed by atoms with Gasteiger partial charge < -0.3 is 10.7 Å². The number of nitrogens with zero attached hydrogens (tertiary/aromatic N) is 1. The zero-order chi connectivity index (χ0) is 7.40. The molecule has 0 saturated carbocycles. The largest absolute Gasteiger partial charge is 0.347 e. The molecule has 0 aliphatic carbocycles. The molecule has 0 saturated heterocycles. The first-order chi connectivity index (χ1) is 4.88. The highest BCUT2D eigenvalue weighted by molar-refractivity contribution is 5.16. The van der Waals surface area contributed by atoms with Gasteiger partial charge in [-0.25, -0.2) is 4.98 Å². The maximum Gasteiger partial charge on any atom is 0.0922 e. The molecule has 1 rings (SSSR count). The van der Waals surface area contributed by atoms with Gasteiger partial charge in [-0.15, -0.1) is 6.42 Å². The van der Waals surface area contributed by atoms with E-state index in [0.29, 0.717) is 6.54 Å². The zero-order valence-corrected chi connectivity index (χ0v) is 5.54. The minimum absolute atomic E-state index is 0.0255. The molecule has 0 aliphatic heterocycles. The molecule has 0 radical (unpaired) electrons. The fourth-order valence-electron chi connectivity index (χ4n) is 0.742. The van der Waals surface area contributed by atoms with E-state index in [-0.39, 0.29) is 5.92 Å². The lowest BCUT2D eigenvalue weighted by Crippen LogP contribution is -2.10. The van der Waals surface area contributed by atoms with Crippen LogP contribution in [0.4, 0.5) is 0 Å². The van der Waals surface area contributed by atoms with Crippen LogP contribution in [0.15, 0.2) is 12.5 Å². The van der Waals surface area contributed by atoms with Gasteiger partial charge in [-0.05, 0) is 0 Å². The molecule has 52 valence electrons. The summed E-state index contributed by atoms with van der Waals surface area (Å²) in [5.74, 6) is 2.53. The van der Waals surface area contributed by atoms with Gasteiger partial charge in [0.1, 0.15) is 0 Å². The molecule has 1 unspecified atom stereocenters. The van der Waals surface area contributed by atoms with Crippen LogP contribution in [-0.4, -0.2) is 16.5 Å². The molecular weight excluding hydrogens is 126 g/mol. The SMILES string of the molecule is C#CC(CN)c1cnc[nH]1. The molecule has 1 aromatic heterocycles. The Labute approximate surface area is 59.7 Å². The van der Waals surface area contributed by atoms with E-state index in [2.05, 4.69) is 15.9 Å². The first-order valence-corrected chi connectivity index (χ1v) is 3.03. The summed E-state index contributed by atoms with van der Waals surface area (Å²) in [5.41, 5.74) is 6.29. The van der Waals surface area contributed by atoms with E-state index in [1.54, 1.807) is 12.5 Å². The molecular formula is C7H9N3. The molecule has 0 fully saturated rings. The van der Waals surface area contributed by atoms with Crippen LogP contribution in [0.3, 0.4) is 0 Å². The summed E-state index contributed by atoms with van der Waals surface area (Å²) >= 11 is 0. The third kappa shape index (κ3) is 1.17. The fourth-order valence-corrected chi connectivity index (χ4v) is 0.742. The highest BCUT2D eigenvalue weighted by Gasteiger charge is 2.05. The number of terminal acetylenes is 1. The van der Waals surface area contributed by atoms with Gasteiger partial charge in [0.05, 0.1) is 17.9 Å². The summed E-state index contributed by atoms with van der Waals surface area (Å²) in [5, 5.41) is 0. The summed E-state index contributed by atoms with van der Waals surface area (Å²) in [6.45, 7) is 0.457. The Balaban J connectivity index is 2.76. The Morgan fingerprint density at radius 1 is 1.90 bits per heavy atom. The van der Waals surface area contributed by atoms with Gasteiger partial charge in [0.25, 0.3) is 0 Å². The van der Waals surface area contributed by atoms with Crippen molar-refractivity contribution in [1.82, 2.24) is 9.97 Å². The van der Waals surface area contributed by atoms with Gasteiger partial charge in [-0.2, -0.15) is 0 Å². The minimum Gasteiger partial charge on any atom is -0.347 e. The van der Waals surface area contributed by atoms with Gasteiger partial charge in [0.2, 0.25) is 0 Å². The van der Waals surface area contributed by atoms with E-state index < -0.39 is 0 Å². The molecule has 1 aromatic rings. The van der Waals surface area contributed by atoms with Crippen molar-refractivity contribution in [1.29, 1.82) is 0 Å². The van der Waals surface area contributed by atoms with E-state index in [9.17, 15) is 0 Å². The molecule has 0 amide bonds. The van der Waals surface area contributed by atoms with E-state index in [0.717, 1.165) is 5.69 Å². The number of H-pyrrole nitrogens is 1. The van der Waals surface area contributed by atoms with Crippen LogP contribution in [0.1, 0.15) is 11.6 Å². The highest BCUT2D eigenvalue weighted by Crippen LogP contribution is 2.07. The molecule has 1 atom stereocenters. The number of hydrogen-bond acceptors (Lipinski definition) is 2. The van der Waals surface area contributed by atoms with E-state index in [1.807, 2.05) is 0 Å². The molecule has 10 heavy (non-hydrogen) atoms. The number of hydrogen-bond donors (Lipinski definition) is 2. The van der Waals surface area contributed by atoms with Crippen molar-refractivity contribution in [2.24, 2.45) is 5.73 Å². The van der Waals surface area contributed by atoms with Crippen LogP contribution >= 0.6 is 0 Å². The van der Waals surface area contributed by atoms with Crippen LogP contribution in [0.2, 0.25) is 0 Å². The number of aromatic nitrogens is 2. The van der Waals surface area contributed by atoms with E-state index in [1.165, 1.54) is 0 Å². The van der Waals surface area contributed by atoms with Crippen LogP contribution in [0, 0.1) is 12.3 Å². The Bertz CT molecular complexity index is 219. The second kappa shape index (κ2) is 3.04. The predicted octanol–water partition coefficient (Wildman–Crippen LogP) is 0.0852. The Morgan fingerprint density at radius 2 is 2.70 bits per heavy atom. The number of nitrogens with one attached hydrogen (secondary N) is 1. The summed E-state index contributed by atoms with van der Waals surface area (Å²) in [6.07, 6.45) is 8.48. The maximum absolute atomic E-state index is 5.38. The van der Waals surface area contributed by atoms with Crippen LogP contribution in [0.5, 0.6) is 0 Å². The summed E-state index contributed by atoms with van der Waals surface area (Å²) in [4.78, 5) is 6.74. The molecule has 1 heterocycles. The molecule has 0 aliphatic rings. The minimum atomic E-state index is -0.0255. The lowest BCUT2D eigenvalue weighted by Gasteiger charge is -2.01. The number of imidazole rings is 1. The van der Waals surface area contributed by atoms with E-state index in [4.69, 9.17) is 12.2 Å².